The van der Waals surface area contributed by atoms with Crippen molar-refractivity contribution in [3.63, 3.8) is 0 Å². The van der Waals surface area contributed by atoms with E-state index in [0.29, 0.717) is 23.9 Å². The molecule has 0 radical (unpaired) electrons. The summed E-state index contributed by atoms with van der Waals surface area (Å²) in [6, 6.07) is -0.804. The van der Waals surface area contributed by atoms with Gasteiger partial charge in [-0.3, -0.25) is 9.36 Å². The molecular weight excluding hydrogens is 840 g/mol. The number of unbranched alkanes of at least 4 members (excludes halogenated alkanes) is 36. The normalized spacial score (nSPS) is 14.1. The Labute approximate surface area is 411 Å². The standard InChI is InChI=1S/C57H113N2O6P/c1-6-8-10-12-14-16-18-20-22-24-25-26-27-28-29-30-31-32-33-35-36-38-40-42-44-46-48-50-56(60)55(54-65-66(62,63)64-53-52-59(3,4)5)58-57(61)51-49-47-45-43-41-39-37-34-23-21-19-17-15-13-11-9-7-2/h15,17,21,23,55-56,60H,6-14,16,18-20,22,24-54H2,1-5H3,(H-,58,61,62,63)/b17-15-,23-21-. The van der Waals surface area contributed by atoms with Gasteiger partial charge in [-0.1, -0.05) is 256 Å². The predicted molar refractivity (Wildman–Crippen MR) is 284 cm³/mol. The van der Waals surface area contributed by atoms with Gasteiger partial charge in [-0.15, -0.1) is 0 Å². The van der Waals surface area contributed by atoms with Gasteiger partial charge in [0.05, 0.1) is 39.9 Å². The Morgan fingerprint density at radius 3 is 1.29 bits per heavy atom. The number of carbonyl (C=O) groups excluding carboxylic acids is 1. The van der Waals surface area contributed by atoms with Crippen molar-refractivity contribution in [2.45, 2.75) is 296 Å². The number of carbonyl (C=O) groups is 1. The molecule has 0 aromatic heterocycles. The SMILES string of the molecule is CCCCC/C=C\C/C=C\CCCCCCCCCC(=O)NC(COP(=O)([O-])OCC[N+](C)(C)C)C(O)CCCCCCCCCCCCCCCCCCCCCCCCCCCCC. The lowest BCUT2D eigenvalue weighted by molar-refractivity contribution is -0.870. The molecule has 0 aliphatic rings. The van der Waals surface area contributed by atoms with Crippen LogP contribution in [-0.2, 0) is 18.4 Å². The summed E-state index contributed by atoms with van der Waals surface area (Å²) in [4.78, 5) is 25.5. The number of nitrogens with zero attached hydrogens (tertiary/aromatic N) is 1. The van der Waals surface area contributed by atoms with E-state index in [-0.39, 0.29) is 19.1 Å². The highest BCUT2D eigenvalue weighted by atomic mass is 31.2. The molecule has 0 saturated heterocycles. The van der Waals surface area contributed by atoms with E-state index in [0.717, 1.165) is 51.4 Å². The highest BCUT2D eigenvalue weighted by Gasteiger charge is 2.24. The van der Waals surface area contributed by atoms with Gasteiger partial charge in [0.2, 0.25) is 5.91 Å². The van der Waals surface area contributed by atoms with Crippen LogP contribution in [0, 0.1) is 0 Å². The van der Waals surface area contributed by atoms with Gasteiger partial charge in [-0.25, -0.2) is 0 Å². The zero-order valence-corrected chi connectivity index (χ0v) is 45.6. The number of rotatable bonds is 53. The van der Waals surface area contributed by atoms with Crippen LogP contribution in [0.3, 0.4) is 0 Å². The van der Waals surface area contributed by atoms with Crippen LogP contribution >= 0.6 is 7.82 Å². The van der Waals surface area contributed by atoms with Gasteiger partial charge in [0.25, 0.3) is 7.82 Å². The Morgan fingerprint density at radius 1 is 0.530 bits per heavy atom. The van der Waals surface area contributed by atoms with Crippen LogP contribution < -0.4 is 10.2 Å². The van der Waals surface area contributed by atoms with Crippen LogP contribution in [0.15, 0.2) is 24.3 Å². The minimum atomic E-state index is -4.57. The summed E-state index contributed by atoms with van der Waals surface area (Å²) in [5.74, 6) is -0.169. The highest BCUT2D eigenvalue weighted by molar-refractivity contribution is 7.45. The van der Waals surface area contributed by atoms with E-state index in [9.17, 15) is 19.4 Å². The molecule has 0 heterocycles. The molecule has 9 heteroatoms. The van der Waals surface area contributed by atoms with E-state index in [1.54, 1.807) is 0 Å². The second-order valence-corrected chi connectivity index (χ2v) is 22.4. The van der Waals surface area contributed by atoms with Crippen LogP contribution in [0.2, 0.25) is 0 Å². The summed E-state index contributed by atoms with van der Waals surface area (Å²) in [6.45, 7) is 4.72. The van der Waals surface area contributed by atoms with E-state index in [1.807, 2.05) is 21.1 Å². The molecule has 0 spiro atoms. The van der Waals surface area contributed by atoms with Gasteiger partial charge < -0.3 is 28.8 Å². The van der Waals surface area contributed by atoms with Crippen molar-refractivity contribution in [1.82, 2.24) is 5.32 Å². The third-order valence-corrected chi connectivity index (χ3v) is 14.2. The minimum Gasteiger partial charge on any atom is -0.756 e. The molecule has 0 aliphatic carbocycles. The summed E-state index contributed by atoms with van der Waals surface area (Å²) in [5, 5.41) is 14.0. The number of aliphatic hydroxyl groups is 1. The number of aliphatic hydroxyl groups excluding tert-OH is 1. The number of phosphoric ester groups is 1. The zero-order valence-electron chi connectivity index (χ0n) is 44.7. The third-order valence-electron chi connectivity index (χ3n) is 13.2. The van der Waals surface area contributed by atoms with Crippen molar-refractivity contribution in [3.05, 3.63) is 24.3 Å². The molecule has 392 valence electrons. The fraction of sp³-hybridized carbons (Fsp3) is 0.912. The topological polar surface area (TPSA) is 108 Å². The Bertz CT molecular complexity index is 1130. The molecule has 0 aromatic rings. The first kappa shape index (κ1) is 65.0. The van der Waals surface area contributed by atoms with E-state index in [1.165, 1.54) is 205 Å². The molecule has 2 N–H and O–H groups in total. The number of hydrogen-bond acceptors (Lipinski definition) is 6. The lowest BCUT2D eigenvalue weighted by Gasteiger charge is -2.30. The average Bonchev–Trinajstić information content (AvgIpc) is 3.28. The van der Waals surface area contributed by atoms with Gasteiger partial charge in [-0.05, 0) is 44.9 Å². The molecule has 0 bridgehead atoms. The summed E-state index contributed by atoms with van der Waals surface area (Å²) in [5.41, 5.74) is 0. The predicted octanol–water partition coefficient (Wildman–Crippen LogP) is 16.6. The van der Waals surface area contributed by atoms with Gasteiger partial charge >= 0.3 is 0 Å². The van der Waals surface area contributed by atoms with Crippen molar-refractivity contribution in [3.8, 4) is 0 Å². The Hall–Kier alpha value is -1.02. The van der Waals surface area contributed by atoms with Crippen molar-refractivity contribution in [1.29, 1.82) is 0 Å². The lowest BCUT2D eigenvalue weighted by Crippen LogP contribution is -2.46. The van der Waals surface area contributed by atoms with E-state index < -0.39 is 20.0 Å². The molecule has 8 nitrogen and oxygen atoms in total. The van der Waals surface area contributed by atoms with Gasteiger partial charge in [0.15, 0.2) is 0 Å². The van der Waals surface area contributed by atoms with E-state index in [4.69, 9.17) is 9.05 Å². The smallest absolute Gasteiger partial charge is 0.268 e. The van der Waals surface area contributed by atoms with Crippen LogP contribution in [0.5, 0.6) is 0 Å². The fourth-order valence-electron chi connectivity index (χ4n) is 8.66. The lowest BCUT2D eigenvalue weighted by atomic mass is 10.0. The first-order chi connectivity index (χ1) is 32.0. The molecule has 0 saturated carbocycles. The molecule has 0 aromatic carbocycles. The van der Waals surface area contributed by atoms with Crippen LogP contribution in [0.4, 0.5) is 0 Å². The monoisotopic (exact) mass is 953 g/mol. The van der Waals surface area contributed by atoms with Gasteiger partial charge in [0, 0.05) is 6.42 Å². The molecule has 3 unspecified atom stereocenters. The van der Waals surface area contributed by atoms with Gasteiger partial charge in [0.1, 0.15) is 13.2 Å². The van der Waals surface area contributed by atoms with Crippen molar-refractivity contribution in [2.24, 2.45) is 0 Å². The Kier molecular flexibility index (Phi) is 48.2. The minimum absolute atomic E-state index is 0.0115. The number of nitrogens with one attached hydrogen (secondary N) is 1. The second kappa shape index (κ2) is 49.0. The maximum Gasteiger partial charge on any atom is 0.268 e. The first-order valence-corrected chi connectivity index (χ1v) is 30.1. The van der Waals surface area contributed by atoms with Crippen LogP contribution in [-0.4, -0.2) is 68.5 Å². The molecular formula is C57H113N2O6P. The molecule has 0 fully saturated rings. The zero-order chi connectivity index (χ0) is 48.5. The highest BCUT2D eigenvalue weighted by Crippen LogP contribution is 2.38. The summed E-state index contributed by atoms with van der Waals surface area (Å²) < 4.78 is 23.4. The maximum absolute atomic E-state index is 13.0. The number of likely N-dealkylation sites (N-methyl/N-ethyl adjacent to an activating group) is 1. The molecule has 1 amide bonds. The molecule has 3 atom stereocenters. The number of quaternary nitrogens is 1. The molecule has 66 heavy (non-hydrogen) atoms. The van der Waals surface area contributed by atoms with Crippen LogP contribution in [0.25, 0.3) is 0 Å². The van der Waals surface area contributed by atoms with Crippen LogP contribution in [0.1, 0.15) is 284 Å². The average molecular weight is 954 g/mol. The van der Waals surface area contributed by atoms with Crippen molar-refractivity contribution in [2.75, 3.05) is 40.9 Å². The Balaban J connectivity index is 4.12. The summed E-state index contributed by atoms with van der Waals surface area (Å²) >= 11 is 0. The van der Waals surface area contributed by atoms with E-state index >= 15 is 0 Å². The van der Waals surface area contributed by atoms with Crippen molar-refractivity contribution < 1.29 is 32.9 Å². The fourth-order valence-corrected chi connectivity index (χ4v) is 9.38. The van der Waals surface area contributed by atoms with Gasteiger partial charge in [-0.2, -0.15) is 0 Å². The third kappa shape index (κ3) is 50.8. The first-order valence-electron chi connectivity index (χ1n) is 28.7. The molecule has 0 aliphatic heterocycles. The summed E-state index contributed by atoms with van der Waals surface area (Å²) in [6.07, 6.45) is 60.7. The maximum atomic E-state index is 13.0. The number of amides is 1. The quantitative estimate of drug-likeness (QED) is 0.0272. The second-order valence-electron chi connectivity index (χ2n) is 21.0. The molecule has 0 rings (SSSR count). The number of hydrogen-bond donors (Lipinski definition) is 2. The number of phosphoric acid groups is 1. The Morgan fingerprint density at radius 2 is 0.879 bits per heavy atom. The van der Waals surface area contributed by atoms with Crippen molar-refractivity contribution >= 4 is 13.7 Å². The van der Waals surface area contributed by atoms with E-state index in [2.05, 4.69) is 43.5 Å². The largest absolute Gasteiger partial charge is 0.756 e. The summed E-state index contributed by atoms with van der Waals surface area (Å²) in [7, 11) is 1.31. The number of allylic oxidation sites excluding steroid dienone is 4.